The third-order valence-corrected chi connectivity index (χ3v) is 3.60. The topological polar surface area (TPSA) is 41.1 Å². The second kappa shape index (κ2) is 5.33. The highest BCUT2D eigenvalue weighted by Gasteiger charge is 2.19. The number of hydrogen-bond acceptors (Lipinski definition) is 2. The molecule has 1 aliphatic rings. The lowest BCUT2D eigenvalue weighted by Crippen LogP contribution is -2.03. The molecule has 0 atom stereocenters. The summed E-state index contributed by atoms with van der Waals surface area (Å²) in [5.41, 5.74) is 2.82. The largest absolute Gasteiger partial charge is 0.380 e. The molecule has 2 aromatic carbocycles. The van der Waals surface area contributed by atoms with Gasteiger partial charge in [0.15, 0.2) is 11.6 Å². The van der Waals surface area contributed by atoms with Crippen LogP contribution in [0.15, 0.2) is 30.3 Å². The molecule has 1 aliphatic heterocycles. The molecule has 0 aromatic heterocycles. The van der Waals surface area contributed by atoms with E-state index in [2.05, 4.69) is 10.6 Å². The molecule has 0 bridgehead atoms. The number of benzene rings is 2. The number of amides is 1. The minimum Gasteiger partial charge on any atom is -0.380 e. The zero-order valence-corrected chi connectivity index (χ0v) is 11.6. The Morgan fingerprint density at radius 2 is 2.00 bits per heavy atom. The Morgan fingerprint density at radius 1 is 1.19 bits per heavy atom. The van der Waals surface area contributed by atoms with Gasteiger partial charge in [-0.15, -0.1) is 0 Å². The van der Waals surface area contributed by atoms with Gasteiger partial charge in [0.1, 0.15) is 0 Å². The summed E-state index contributed by atoms with van der Waals surface area (Å²) in [7, 11) is 0. The third-order valence-electron chi connectivity index (χ3n) is 3.28. The minimum absolute atomic E-state index is 0.0705. The molecule has 0 saturated heterocycles. The average Bonchev–Trinajstić information content (AvgIpc) is 2.79. The fourth-order valence-corrected chi connectivity index (χ4v) is 2.46. The van der Waals surface area contributed by atoms with Crippen molar-refractivity contribution in [2.45, 2.75) is 13.0 Å². The van der Waals surface area contributed by atoms with Crippen molar-refractivity contribution in [1.29, 1.82) is 0 Å². The molecule has 1 heterocycles. The summed E-state index contributed by atoms with van der Waals surface area (Å²) in [6.45, 7) is 0.303. The summed E-state index contributed by atoms with van der Waals surface area (Å²) >= 11 is 6.13. The fraction of sp³-hybridized carbons (Fsp3) is 0.133. The van der Waals surface area contributed by atoms with E-state index < -0.39 is 11.6 Å². The summed E-state index contributed by atoms with van der Waals surface area (Å²) < 4.78 is 26.0. The van der Waals surface area contributed by atoms with Gasteiger partial charge in [0.05, 0.1) is 17.1 Å². The smallest absolute Gasteiger partial charge is 0.228 e. The van der Waals surface area contributed by atoms with Gasteiger partial charge in [-0.05, 0) is 35.4 Å². The molecule has 6 heteroatoms. The maximum atomic E-state index is 13.1. The number of hydrogen-bond donors (Lipinski definition) is 2. The van der Waals surface area contributed by atoms with Crippen molar-refractivity contribution in [3.63, 3.8) is 0 Å². The van der Waals surface area contributed by atoms with Crippen molar-refractivity contribution < 1.29 is 13.6 Å². The zero-order chi connectivity index (χ0) is 15.0. The number of carbonyl (C=O) groups is 1. The lowest BCUT2D eigenvalue weighted by atomic mass is 10.1. The first-order chi connectivity index (χ1) is 10.0. The van der Waals surface area contributed by atoms with E-state index in [9.17, 15) is 13.6 Å². The highest BCUT2D eigenvalue weighted by molar-refractivity contribution is 6.33. The molecular weight excluding hydrogens is 298 g/mol. The van der Waals surface area contributed by atoms with E-state index in [0.29, 0.717) is 34.9 Å². The van der Waals surface area contributed by atoms with Crippen molar-refractivity contribution in [1.82, 2.24) is 0 Å². The van der Waals surface area contributed by atoms with Gasteiger partial charge in [0.25, 0.3) is 0 Å². The first-order valence-corrected chi connectivity index (χ1v) is 6.71. The van der Waals surface area contributed by atoms with Crippen LogP contribution >= 0.6 is 11.6 Å². The number of halogens is 3. The van der Waals surface area contributed by atoms with Crippen LogP contribution in [0.5, 0.6) is 0 Å². The van der Waals surface area contributed by atoms with Crippen molar-refractivity contribution in [3.8, 4) is 0 Å². The SMILES string of the molecule is O=C1Cc2cc(NCc3ccc(F)c(F)c3)c(Cl)cc2N1. The van der Waals surface area contributed by atoms with E-state index >= 15 is 0 Å². The van der Waals surface area contributed by atoms with Crippen molar-refractivity contribution in [3.05, 3.63) is 58.1 Å². The number of nitrogens with one attached hydrogen (secondary N) is 2. The van der Waals surface area contributed by atoms with Crippen LogP contribution in [-0.2, 0) is 17.8 Å². The van der Waals surface area contributed by atoms with Gasteiger partial charge in [-0.25, -0.2) is 8.78 Å². The molecule has 3 nitrogen and oxygen atoms in total. The Morgan fingerprint density at radius 3 is 2.76 bits per heavy atom. The van der Waals surface area contributed by atoms with Gasteiger partial charge < -0.3 is 10.6 Å². The normalized spacial score (nSPS) is 13.0. The lowest BCUT2D eigenvalue weighted by Gasteiger charge is -2.11. The Hall–Kier alpha value is -2.14. The maximum Gasteiger partial charge on any atom is 0.228 e. The summed E-state index contributed by atoms with van der Waals surface area (Å²) in [6, 6.07) is 7.18. The van der Waals surface area contributed by atoms with Crippen LogP contribution in [0, 0.1) is 11.6 Å². The molecule has 2 aromatic rings. The number of rotatable bonds is 3. The Kier molecular flexibility index (Phi) is 3.51. The molecule has 0 radical (unpaired) electrons. The molecule has 0 spiro atoms. The van der Waals surface area contributed by atoms with E-state index in [4.69, 9.17) is 11.6 Å². The van der Waals surface area contributed by atoms with Crippen molar-refractivity contribution in [2.24, 2.45) is 0 Å². The molecule has 3 rings (SSSR count). The van der Waals surface area contributed by atoms with Crippen LogP contribution in [0.25, 0.3) is 0 Å². The number of fused-ring (bicyclic) bond motifs is 1. The first kappa shape index (κ1) is 13.8. The zero-order valence-electron chi connectivity index (χ0n) is 10.8. The minimum atomic E-state index is -0.885. The first-order valence-electron chi connectivity index (χ1n) is 6.33. The molecule has 0 saturated carbocycles. The van der Waals surface area contributed by atoms with Crippen LogP contribution in [0.1, 0.15) is 11.1 Å². The van der Waals surface area contributed by atoms with Gasteiger partial charge in [-0.2, -0.15) is 0 Å². The molecule has 0 unspecified atom stereocenters. The van der Waals surface area contributed by atoms with Gasteiger partial charge in [-0.1, -0.05) is 17.7 Å². The van der Waals surface area contributed by atoms with Crippen LogP contribution in [-0.4, -0.2) is 5.91 Å². The molecule has 108 valence electrons. The quantitative estimate of drug-likeness (QED) is 0.907. The van der Waals surface area contributed by atoms with Crippen LogP contribution in [0.4, 0.5) is 20.2 Å². The molecule has 2 N–H and O–H groups in total. The van der Waals surface area contributed by atoms with Crippen LogP contribution < -0.4 is 10.6 Å². The Labute approximate surface area is 124 Å². The Bertz CT molecular complexity index is 734. The highest BCUT2D eigenvalue weighted by Crippen LogP contribution is 2.33. The van der Waals surface area contributed by atoms with Crippen LogP contribution in [0.2, 0.25) is 5.02 Å². The molecule has 21 heavy (non-hydrogen) atoms. The van der Waals surface area contributed by atoms with Crippen molar-refractivity contribution in [2.75, 3.05) is 10.6 Å². The van der Waals surface area contributed by atoms with E-state index in [-0.39, 0.29) is 5.91 Å². The van der Waals surface area contributed by atoms with Gasteiger partial charge in [0.2, 0.25) is 5.91 Å². The highest BCUT2D eigenvalue weighted by atomic mass is 35.5. The van der Waals surface area contributed by atoms with Crippen molar-refractivity contribution >= 4 is 28.9 Å². The lowest BCUT2D eigenvalue weighted by molar-refractivity contribution is -0.115. The average molecular weight is 309 g/mol. The summed E-state index contributed by atoms with van der Waals surface area (Å²) in [5, 5.41) is 6.23. The van der Waals surface area contributed by atoms with E-state index in [1.165, 1.54) is 6.07 Å². The standard InChI is InChI=1S/C15H11ClF2N2O/c16-10-6-13-9(5-15(21)20-13)4-14(10)19-7-8-1-2-11(17)12(18)3-8/h1-4,6,19H,5,7H2,(H,20,21). The van der Waals surface area contributed by atoms with Gasteiger partial charge in [-0.3, -0.25) is 4.79 Å². The van der Waals surface area contributed by atoms with Gasteiger partial charge in [0, 0.05) is 12.2 Å². The predicted molar refractivity (Wildman–Crippen MR) is 77.5 cm³/mol. The fourth-order valence-electron chi connectivity index (χ4n) is 2.23. The third kappa shape index (κ3) is 2.83. The van der Waals surface area contributed by atoms with E-state index in [0.717, 1.165) is 17.7 Å². The molecular formula is C15H11ClF2N2O. The van der Waals surface area contributed by atoms with Gasteiger partial charge >= 0.3 is 0 Å². The van der Waals surface area contributed by atoms with E-state index in [1.54, 1.807) is 12.1 Å². The second-order valence-corrected chi connectivity index (χ2v) is 5.22. The van der Waals surface area contributed by atoms with E-state index in [1.807, 2.05) is 0 Å². The monoisotopic (exact) mass is 308 g/mol. The molecule has 0 fully saturated rings. The Balaban J connectivity index is 1.78. The predicted octanol–water partition coefficient (Wildman–Crippen LogP) is 3.72. The molecule has 0 aliphatic carbocycles. The van der Waals surface area contributed by atoms with Crippen LogP contribution in [0.3, 0.4) is 0 Å². The number of carbonyl (C=O) groups excluding carboxylic acids is 1. The molecule has 1 amide bonds. The summed E-state index contributed by atoms with van der Waals surface area (Å²) in [4.78, 5) is 11.3. The maximum absolute atomic E-state index is 13.1. The summed E-state index contributed by atoms with van der Waals surface area (Å²) in [6.07, 6.45) is 0.312. The second-order valence-electron chi connectivity index (χ2n) is 4.82. The summed E-state index contributed by atoms with van der Waals surface area (Å²) in [5.74, 6) is -1.83. The number of anilines is 2.